The summed E-state index contributed by atoms with van der Waals surface area (Å²) in [5.74, 6) is -0.627. The van der Waals surface area contributed by atoms with Gasteiger partial charge in [-0.15, -0.1) is 0 Å². The number of carbonyl (C=O) groups excluding carboxylic acids is 1. The Hall–Kier alpha value is -2.86. The number of nitrogens with zero attached hydrogens (tertiary/aromatic N) is 1. The van der Waals surface area contributed by atoms with Gasteiger partial charge in [-0.1, -0.05) is 48.5 Å². The van der Waals surface area contributed by atoms with Crippen LogP contribution in [0.3, 0.4) is 0 Å². The van der Waals surface area contributed by atoms with E-state index in [-0.39, 0.29) is 4.90 Å². The fourth-order valence-corrected chi connectivity index (χ4v) is 4.29. The van der Waals surface area contributed by atoms with Crippen molar-refractivity contribution in [2.45, 2.75) is 11.8 Å². The zero-order chi connectivity index (χ0) is 18.7. The number of anilines is 1. The van der Waals surface area contributed by atoms with Gasteiger partial charge in [0.25, 0.3) is 10.0 Å². The number of ether oxygens (including phenoxy) is 1. The molecule has 0 bridgehead atoms. The molecular formula is C20H19NO4S. The maximum Gasteiger partial charge on any atom is 0.326 e. The fourth-order valence-electron chi connectivity index (χ4n) is 2.78. The van der Waals surface area contributed by atoms with E-state index in [0.717, 1.165) is 20.6 Å². The van der Waals surface area contributed by atoms with Crippen LogP contribution in [-0.4, -0.2) is 28.0 Å². The summed E-state index contributed by atoms with van der Waals surface area (Å²) >= 11 is 0. The number of aryl methyl sites for hydroxylation is 1. The predicted octanol–water partition coefficient (Wildman–Crippen LogP) is 3.52. The van der Waals surface area contributed by atoms with Gasteiger partial charge in [-0.2, -0.15) is 0 Å². The maximum atomic E-state index is 13.3. The number of rotatable bonds is 5. The van der Waals surface area contributed by atoms with Gasteiger partial charge >= 0.3 is 5.97 Å². The molecular weight excluding hydrogens is 350 g/mol. The molecule has 134 valence electrons. The predicted molar refractivity (Wildman–Crippen MR) is 102 cm³/mol. The average molecular weight is 369 g/mol. The number of esters is 1. The number of carbonyl (C=O) groups is 1. The van der Waals surface area contributed by atoms with E-state index < -0.39 is 22.5 Å². The molecule has 6 heteroatoms. The van der Waals surface area contributed by atoms with E-state index in [1.54, 1.807) is 43.3 Å². The second-order valence-corrected chi connectivity index (χ2v) is 7.75. The first-order valence-corrected chi connectivity index (χ1v) is 9.51. The van der Waals surface area contributed by atoms with Crippen molar-refractivity contribution in [3.8, 4) is 0 Å². The summed E-state index contributed by atoms with van der Waals surface area (Å²) in [6.45, 7) is 1.41. The van der Waals surface area contributed by atoms with E-state index in [1.807, 2.05) is 30.3 Å². The number of hydrogen-bond acceptors (Lipinski definition) is 4. The Bertz CT molecular complexity index is 1060. The molecule has 0 spiro atoms. The Kier molecular flexibility index (Phi) is 4.95. The number of fused-ring (bicyclic) bond motifs is 1. The van der Waals surface area contributed by atoms with Gasteiger partial charge in [0.05, 0.1) is 17.7 Å². The molecule has 0 aliphatic heterocycles. The Labute approximate surface area is 152 Å². The van der Waals surface area contributed by atoms with Crippen LogP contribution in [0.5, 0.6) is 0 Å². The van der Waals surface area contributed by atoms with Crippen LogP contribution in [0.1, 0.15) is 5.56 Å². The van der Waals surface area contributed by atoms with Crippen LogP contribution in [0.2, 0.25) is 0 Å². The minimum Gasteiger partial charge on any atom is -0.468 e. The molecule has 0 unspecified atom stereocenters. The molecule has 0 atom stereocenters. The molecule has 3 aromatic carbocycles. The second-order valence-electron chi connectivity index (χ2n) is 5.88. The molecule has 0 aromatic heterocycles. The Morgan fingerprint density at radius 2 is 1.62 bits per heavy atom. The Morgan fingerprint density at radius 1 is 0.962 bits per heavy atom. The molecule has 3 rings (SSSR count). The molecule has 5 nitrogen and oxygen atoms in total. The van der Waals surface area contributed by atoms with Gasteiger partial charge in [0.1, 0.15) is 6.54 Å². The minimum absolute atomic E-state index is 0.128. The monoisotopic (exact) mass is 369 g/mol. The molecule has 3 aromatic rings. The smallest absolute Gasteiger partial charge is 0.326 e. The quantitative estimate of drug-likeness (QED) is 0.646. The van der Waals surface area contributed by atoms with Crippen molar-refractivity contribution in [3.63, 3.8) is 0 Å². The molecule has 0 aliphatic carbocycles. The lowest BCUT2D eigenvalue weighted by molar-refractivity contribution is -0.138. The number of hydrogen-bond donors (Lipinski definition) is 0. The first-order valence-electron chi connectivity index (χ1n) is 8.07. The van der Waals surface area contributed by atoms with E-state index in [1.165, 1.54) is 7.11 Å². The van der Waals surface area contributed by atoms with Gasteiger partial charge < -0.3 is 4.74 Å². The van der Waals surface area contributed by atoms with E-state index in [2.05, 4.69) is 0 Å². The van der Waals surface area contributed by atoms with Crippen molar-refractivity contribution < 1.29 is 17.9 Å². The zero-order valence-corrected chi connectivity index (χ0v) is 15.4. The van der Waals surface area contributed by atoms with Gasteiger partial charge in [-0.3, -0.25) is 9.10 Å². The van der Waals surface area contributed by atoms with Crippen LogP contribution in [0.25, 0.3) is 10.8 Å². The Balaban J connectivity index is 2.14. The summed E-state index contributed by atoms with van der Waals surface area (Å²) in [5.41, 5.74) is 1.20. The number of benzene rings is 3. The highest BCUT2D eigenvalue weighted by atomic mass is 32.2. The largest absolute Gasteiger partial charge is 0.468 e. The molecule has 0 saturated carbocycles. The number of sulfonamides is 1. The van der Waals surface area contributed by atoms with Crippen molar-refractivity contribution in [3.05, 3.63) is 72.3 Å². The van der Waals surface area contributed by atoms with Gasteiger partial charge in [-0.25, -0.2) is 8.42 Å². The summed E-state index contributed by atoms with van der Waals surface area (Å²) in [4.78, 5) is 12.0. The van der Waals surface area contributed by atoms with Crippen LogP contribution in [-0.2, 0) is 19.6 Å². The number of para-hydroxylation sites is 1. The van der Waals surface area contributed by atoms with E-state index in [9.17, 15) is 13.2 Å². The second kappa shape index (κ2) is 7.17. The molecule has 0 fully saturated rings. The SMILES string of the molecule is COC(=O)CN(c1ccccc1C)S(=O)(=O)c1ccc2ccccc2c1. The van der Waals surface area contributed by atoms with Crippen LogP contribution in [0.15, 0.2) is 71.6 Å². The maximum absolute atomic E-state index is 13.3. The zero-order valence-electron chi connectivity index (χ0n) is 14.5. The standard InChI is InChI=1S/C20H19NO4S/c1-15-7-3-6-10-19(15)21(14-20(22)25-2)26(23,24)18-12-11-16-8-4-5-9-17(16)13-18/h3-13H,14H2,1-2H3. The minimum atomic E-state index is -3.94. The summed E-state index contributed by atoms with van der Waals surface area (Å²) in [6.07, 6.45) is 0. The van der Waals surface area contributed by atoms with Gasteiger partial charge in [-0.05, 0) is 41.5 Å². The first kappa shape index (κ1) is 17.9. The van der Waals surface area contributed by atoms with Gasteiger partial charge in [0.15, 0.2) is 0 Å². The molecule has 0 N–H and O–H groups in total. The summed E-state index contributed by atoms with van der Waals surface area (Å²) in [7, 11) is -2.70. The highest BCUT2D eigenvalue weighted by Gasteiger charge is 2.28. The average Bonchev–Trinajstić information content (AvgIpc) is 2.66. The van der Waals surface area contributed by atoms with Gasteiger partial charge in [0.2, 0.25) is 0 Å². The molecule has 0 aliphatic rings. The molecule has 0 saturated heterocycles. The lowest BCUT2D eigenvalue weighted by Crippen LogP contribution is -2.36. The van der Waals surface area contributed by atoms with Crippen molar-refractivity contribution in [2.24, 2.45) is 0 Å². The third-order valence-corrected chi connectivity index (χ3v) is 5.95. The lowest BCUT2D eigenvalue weighted by atomic mass is 10.1. The third kappa shape index (κ3) is 3.41. The lowest BCUT2D eigenvalue weighted by Gasteiger charge is -2.25. The normalized spacial score (nSPS) is 11.3. The van der Waals surface area contributed by atoms with Crippen molar-refractivity contribution in [1.82, 2.24) is 0 Å². The fraction of sp³-hybridized carbons (Fsp3) is 0.150. The van der Waals surface area contributed by atoms with E-state index >= 15 is 0 Å². The van der Waals surface area contributed by atoms with Gasteiger partial charge in [0, 0.05) is 0 Å². The highest BCUT2D eigenvalue weighted by Crippen LogP contribution is 2.28. The molecule has 0 radical (unpaired) electrons. The number of methoxy groups -OCH3 is 1. The van der Waals surface area contributed by atoms with E-state index in [4.69, 9.17) is 4.74 Å². The van der Waals surface area contributed by atoms with Crippen molar-refractivity contribution in [1.29, 1.82) is 0 Å². The third-order valence-electron chi connectivity index (χ3n) is 4.19. The van der Waals surface area contributed by atoms with Crippen LogP contribution >= 0.6 is 0 Å². The highest BCUT2D eigenvalue weighted by molar-refractivity contribution is 7.92. The van der Waals surface area contributed by atoms with Crippen molar-refractivity contribution >= 4 is 32.5 Å². The topological polar surface area (TPSA) is 63.7 Å². The summed E-state index contributed by atoms with van der Waals surface area (Å²) < 4.78 is 32.4. The van der Waals surface area contributed by atoms with Crippen LogP contribution in [0.4, 0.5) is 5.69 Å². The van der Waals surface area contributed by atoms with Crippen LogP contribution < -0.4 is 4.31 Å². The molecule has 0 amide bonds. The van der Waals surface area contributed by atoms with E-state index in [0.29, 0.717) is 5.69 Å². The molecule has 0 heterocycles. The van der Waals surface area contributed by atoms with Crippen LogP contribution in [0, 0.1) is 6.92 Å². The Morgan fingerprint density at radius 3 is 2.31 bits per heavy atom. The summed E-state index contributed by atoms with van der Waals surface area (Å²) in [6, 6.07) is 19.5. The summed E-state index contributed by atoms with van der Waals surface area (Å²) in [5, 5.41) is 1.76. The van der Waals surface area contributed by atoms with Crippen molar-refractivity contribution in [2.75, 3.05) is 18.0 Å². The molecule has 26 heavy (non-hydrogen) atoms. The first-order chi connectivity index (χ1) is 12.4.